The fourth-order valence-corrected chi connectivity index (χ4v) is 3.98. The molecule has 154 valence electrons. The highest BCUT2D eigenvalue weighted by Crippen LogP contribution is 2.41. The Morgan fingerprint density at radius 3 is 2.41 bits per heavy atom. The van der Waals surface area contributed by atoms with E-state index in [9.17, 15) is 9.90 Å². The summed E-state index contributed by atoms with van der Waals surface area (Å²) < 4.78 is 5.24. The Balaban J connectivity index is 1.44. The molecule has 1 atom stereocenters. The number of hydrogen-bond acceptors (Lipinski definition) is 4. The number of ether oxygens (including phenoxy) is 1. The van der Waals surface area contributed by atoms with Crippen molar-refractivity contribution in [2.75, 3.05) is 30.4 Å². The minimum Gasteiger partial charge on any atom is -0.497 e. The van der Waals surface area contributed by atoms with Crippen LogP contribution >= 0.6 is 0 Å². The summed E-state index contributed by atoms with van der Waals surface area (Å²) in [6.45, 7) is 1.58. The number of benzene rings is 2. The van der Waals surface area contributed by atoms with Gasteiger partial charge in [-0.2, -0.15) is 0 Å². The van der Waals surface area contributed by atoms with Gasteiger partial charge in [-0.15, -0.1) is 0 Å². The Morgan fingerprint density at radius 2 is 1.76 bits per heavy atom. The second-order valence-electron chi connectivity index (χ2n) is 7.92. The topological polar surface area (TPSA) is 73.8 Å². The number of rotatable bonds is 6. The lowest BCUT2D eigenvalue weighted by molar-refractivity contribution is 0.145. The number of para-hydroxylation sites is 2. The molecule has 1 unspecified atom stereocenters. The van der Waals surface area contributed by atoms with Crippen molar-refractivity contribution in [2.24, 2.45) is 5.92 Å². The van der Waals surface area contributed by atoms with Crippen molar-refractivity contribution in [2.45, 2.75) is 37.8 Å². The lowest BCUT2D eigenvalue weighted by Gasteiger charge is -2.33. The molecule has 4 rings (SSSR count). The molecule has 0 aromatic heterocycles. The Hall–Kier alpha value is -2.73. The zero-order chi connectivity index (χ0) is 20.2. The third kappa shape index (κ3) is 4.82. The van der Waals surface area contributed by atoms with E-state index >= 15 is 0 Å². The maximum Gasteiger partial charge on any atom is 0.319 e. The van der Waals surface area contributed by atoms with E-state index in [0.29, 0.717) is 5.92 Å². The van der Waals surface area contributed by atoms with E-state index in [1.165, 1.54) is 0 Å². The van der Waals surface area contributed by atoms with Crippen LogP contribution in [0.25, 0.3) is 0 Å². The van der Waals surface area contributed by atoms with Crippen LogP contribution in [0, 0.1) is 5.92 Å². The summed E-state index contributed by atoms with van der Waals surface area (Å²) in [6.07, 6.45) is 3.54. The van der Waals surface area contributed by atoms with Gasteiger partial charge in [0, 0.05) is 13.1 Å². The number of hydrogen-bond donors (Lipinski definition) is 3. The summed E-state index contributed by atoms with van der Waals surface area (Å²) in [5.41, 5.74) is 2.90. The molecule has 29 heavy (non-hydrogen) atoms. The average molecular weight is 396 g/mol. The number of urea groups is 1. The van der Waals surface area contributed by atoms with Gasteiger partial charge >= 0.3 is 6.03 Å². The molecule has 2 fully saturated rings. The van der Waals surface area contributed by atoms with Gasteiger partial charge in [0.15, 0.2) is 0 Å². The molecule has 2 amide bonds. The van der Waals surface area contributed by atoms with E-state index in [1.54, 1.807) is 7.11 Å². The fourth-order valence-electron chi connectivity index (χ4n) is 3.98. The van der Waals surface area contributed by atoms with E-state index in [1.807, 2.05) is 48.5 Å². The van der Waals surface area contributed by atoms with Crippen LogP contribution in [0.1, 0.15) is 37.3 Å². The van der Waals surface area contributed by atoms with Gasteiger partial charge in [0.2, 0.25) is 0 Å². The van der Waals surface area contributed by atoms with Gasteiger partial charge in [-0.1, -0.05) is 24.3 Å². The number of carbonyl (C=O) groups is 1. The quantitative estimate of drug-likeness (QED) is 0.693. The first kappa shape index (κ1) is 19.6. The zero-order valence-corrected chi connectivity index (χ0v) is 16.8. The minimum atomic E-state index is -0.224. The van der Waals surface area contributed by atoms with Crippen LogP contribution in [0.15, 0.2) is 48.5 Å². The van der Waals surface area contributed by atoms with E-state index in [-0.39, 0.29) is 18.2 Å². The molecule has 2 aliphatic rings. The summed E-state index contributed by atoms with van der Waals surface area (Å²) in [7, 11) is 1.65. The normalized spacial score (nSPS) is 18.2. The molecular formula is C23H29N3O3. The number of carbonyl (C=O) groups excluding carboxylic acids is 1. The molecular weight excluding hydrogens is 366 g/mol. The van der Waals surface area contributed by atoms with Crippen LogP contribution in [0.5, 0.6) is 5.75 Å². The smallest absolute Gasteiger partial charge is 0.319 e. The molecule has 0 spiro atoms. The molecule has 1 aliphatic carbocycles. The van der Waals surface area contributed by atoms with Crippen LogP contribution in [0.4, 0.5) is 16.2 Å². The van der Waals surface area contributed by atoms with E-state index in [2.05, 4.69) is 15.5 Å². The van der Waals surface area contributed by atoms with Gasteiger partial charge in [0.1, 0.15) is 5.75 Å². The van der Waals surface area contributed by atoms with Crippen molar-refractivity contribution in [1.82, 2.24) is 5.32 Å². The van der Waals surface area contributed by atoms with Gasteiger partial charge in [-0.25, -0.2) is 4.79 Å². The van der Waals surface area contributed by atoms with Crippen molar-refractivity contribution < 1.29 is 14.6 Å². The summed E-state index contributed by atoms with van der Waals surface area (Å²) in [6, 6.07) is 15.6. The lowest BCUT2D eigenvalue weighted by atomic mass is 10.0. The highest BCUT2D eigenvalue weighted by molar-refractivity contribution is 5.93. The van der Waals surface area contributed by atoms with Crippen LogP contribution in [0.3, 0.4) is 0 Å². The number of piperidine rings is 1. The molecule has 3 N–H and O–H groups in total. The minimum absolute atomic E-state index is 0.00166. The third-order valence-electron chi connectivity index (χ3n) is 5.81. The predicted molar refractivity (Wildman–Crippen MR) is 115 cm³/mol. The molecule has 2 aromatic rings. The Kier molecular flexibility index (Phi) is 5.90. The second kappa shape index (κ2) is 8.74. The second-order valence-corrected chi connectivity index (χ2v) is 7.92. The molecule has 2 aromatic carbocycles. The number of anilines is 2. The molecule has 6 heteroatoms. The first-order valence-electron chi connectivity index (χ1n) is 10.4. The van der Waals surface area contributed by atoms with Gasteiger partial charge < -0.3 is 25.4 Å². The zero-order valence-electron chi connectivity index (χ0n) is 16.8. The maximum absolute atomic E-state index is 12.8. The lowest BCUT2D eigenvalue weighted by Crippen LogP contribution is -2.37. The first-order chi connectivity index (χ1) is 14.1. The Morgan fingerprint density at radius 1 is 1.07 bits per heavy atom. The van der Waals surface area contributed by atoms with Crippen LogP contribution in [-0.4, -0.2) is 37.4 Å². The Labute approximate surface area is 171 Å². The highest BCUT2D eigenvalue weighted by Gasteiger charge is 2.33. The summed E-state index contributed by atoms with van der Waals surface area (Å²) in [5.74, 6) is 1.29. The number of aliphatic hydroxyl groups is 1. The first-order valence-corrected chi connectivity index (χ1v) is 10.4. The number of nitrogens with zero attached hydrogens (tertiary/aromatic N) is 1. The van der Waals surface area contributed by atoms with Crippen molar-refractivity contribution in [3.8, 4) is 5.75 Å². The van der Waals surface area contributed by atoms with Crippen LogP contribution < -0.4 is 20.3 Å². The maximum atomic E-state index is 12.8. The van der Waals surface area contributed by atoms with Crippen molar-refractivity contribution in [3.63, 3.8) is 0 Å². The number of aliphatic hydroxyl groups excluding tert-OH is 1. The standard InChI is InChI=1S/C23H29N3O3/c1-29-19-10-8-17(9-11-19)22(16-6-7-16)25-23(28)24-20-4-2-3-5-21(20)26-14-12-18(27)13-15-26/h2-5,8-11,16,18,22,27H,6-7,12-15H2,1H3,(H2,24,25,28). The SMILES string of the molecule is COc1ccc(C(NC(=O)Nc2ccccc2N2CCC(O)CC2)C2CC2)cc1. The molecule has 1 aliphatic heterocycles. The predicted octanol–water partition coefficient (Wildman–Crippen LogP) is 3.93. The summed E-state index contributed by atoms with van der Waals surface area (Å²) >= 11 is 0. The number of amides is 2. The highest BCUT2D eigenvalue weighted by atomic mass is 16.5. The largest absolute Gasteiger partial charge is 0.497 e. The number of methoxy groups -OCH3 is 1. The average Bonchev–Trinajstić information content (AvgIpc) is 3.58. The van der Waals surface area contributed by atoms with Gasteiger partial charge in [-0.05, 0) is 61.4 Å². The van der Waals surface area contributed by atoms with Crippen molar-refractivity contribution >= 4 is 17.4 Å². The molecule has 1 heterocycles. The molecule has 6 nitrogen and oxygen atoms in total. The van der Waals surface area contributed by atoms with Gasteiger partial charge in [0.25, 0.3) is 0 Å². The monoisotopic (exact) mass is 395 g/mol. The Bertz CT molecular complexity index is 828. The van der Waals surface area contributed by atoms with E-state index in [0.717, 1.165) is 61.5 Å². The molecule has 1 saturated heterocycles. The fraction of sp³-hybridized carbons (Fsp3) is 0.435. The van der Waals surface area contributed by atoms with Gasteiger partial charge in [0.05, 0.1) is 30.6 Å². The molecule has 1 saturated carbocycles. The van der Waals surface area contributed by atoms with Crippen LogP contribution in [0.2, 0.25) is 0 Å². The van der Waals surface area contributed by atoms with E-state index in [4.69, 9.17) is 4.74 Å². The molecule has 0 radical (unpaired) electrons. The van der Waals surface area contributed by atoms with Crippen molar-refractivity contribution in [1.29, 1.82) is 0 Å². The van der Waals surface area contributed by atoms with Crippen molar-refractivity contribution in [3.05, 3.63) is 54.1 Å². The summed E-state index contributed by atoms with van der Waals surface area (Å²) in [5, 5.41) is 16.0. The number of nitrogens with one attached hydrogen (secondary N) is 2. The molecule has 0 bridgehead atoms. The summed E-state index contributed by atoms with van der Waals surface area (Å²) in [4.78, 5) is 15.1. The van der Waals surface area contributed by atoms with Crippen LogP contribution in [-0.2, 0) is 0 Å². The van der Waals surface area contributed by atoms with E-state index < -0.39 is 0 Å². The third-order valence-corrected chi connectivity index (χ3v) is 5.81. The van der Waals surface area contributed by atoms with Gasteiger partial charge in [-0.3, -0.25) is 0 Å².